The summed E-state index contributed by atoms with van der Waals surface area (Å²) in [6.07, 6.45) is 0. The Balaban J connectivity index is 2.48. The van der Waals surface area contributed by atoms with Crippen LogP contribution in [0.15, 0.2) is 46.9 Å². The number of nitrogens with one attached hydrogen (secondary N) is 1. The average molecular weight is 398 g/mol. The van der Waals surface area contributed by atoms with Gasteiger partial charge in [-0.1, -0.05) is 46.3 Å². The van der Waals surface area contributed by atoms with Crippen molar-refractivity contribution in [3.05, 3.63) is 52.5 Å². The Kier molecular flexibility index (Phi) is 6.42. The highest BCUT2D eigenvalue weighted by atomic mass is 79.9. The van der Waals surface area contributed by atoms with Crippen molar-refractivity contribution in [1.29, 1.82) is 0 Å². The van der Waals surface area contributed by atoms with Crippen LogP contribution in [0.4, 0.5) is 5.69 Å². The summed E-state index contributed by atoms with van der Waals surface area (Å²) in [4.78, 5) is 0. The predicted octanol–water partition coefficient (Wildman–Crippen LogP) is 6.02. The lowest BCUT2D eigenvalue weighted by atomic mass is 10.0. The number of benzene rings is 2. The molecule has 0 bridgehead atoms. The van der Waals surface area contributed by atoms with Gasteiger partial charge in [0.2, 0.25) is 0 Å². The molecule has 0 unspecified atom stereocenters. The van der Waals surface area contributed by atoms with Gasteiger partial charge in [-0.15, -0.1) is 0 Å². The first-order valence-corrected chi connectivity index (χ1v) is 9.85. The van der Waals surface area contributed by atoms with Crippen LogP contribution in [0.25, 0.3) is 11.1 Å². The Morgan fingerprint density at radius 2 is 1.70 bits per heavy atom. The van der Waals surface area contributed by atoms with E-state index in [-0.39, 0.29) is 0 Å². The van der Waals surface area contributed by atoms with Crippen LogP contribution in [0, 0.1) is 6.92 Å². The van der Waals surface area contributed by atoms with Crippen molar-refractivity contribution in [1.82, 2.24) is 0 Å². The third-order valence-electron chi connectivity index (χ3n) is 3.24. The molecule has 2 rings (SSSR count). The van der Waals surface area contributed by atoms with E-state index < -0.39 is 7.75 Å². The van der Waals surface area contributed by atoms with Crippen molar-refractivity contribution < 1.29 is 13.6 Å². The summed E-state index contributed by atoms with van der Waals surface area (Å²) < 4.78 is 24.4. The molecule has 2 aromatic rings. The van der Waals surface area contributed by atoms with Crippen LogP contribution in [-0.2, 0) is 13.6 Å². The Hall–Kier alpha value is -1.13. The summed E-state index contributed by atoms with van der Waals surface area (Å²) in [6, 6.07) is 13.9. The van der Waals surface area contributed by atoms with Gasteiger partial charge in [-0.3, -0.25) is 14.1 Å². The number of hydrogen-bond donors (Lipinski definition) is 1. The van der Waals surface area contributed by atoms with E-state index in [0.29, 0.717) is 18.9 Å². The SMILES string of the molecule is CCOP(=O)(Nc1cc(Br)c(C)cc1-c1ccccc1)OCC. The number of aryl methyl sites for hydroxylation is 1. The molecule has 6 heteroatoms. The second-order valence-corrected chi connectivity index (χ2v) is 7.55. The average Bonchev–Trinajstić information content (AvgIpc) is 2.52. The molecule has 0 aliphatic rings. The molecule has 0 aliphatic heterocycles. The van der Waals surface area contributed by atoms with Gasteiger partial charge in [0.1, 0.15) is 0 Å². The zero-order valence-electron chi connectivity index (χ0n) is 13.5. The third kappa shape index (κ3) is 4.67. The normalized spacial score (nSPS) is 11.5. The smallest absolute Gasteiger partial charge is 0.293 e. The van der Waals surface area contributed by atoms with Crippen molar-refractivity contribution in [3.8, 4) is 11.1 Å². The summed E-state index contributed by atoms with van der Waals surface area (Å²) >= 11 is 3.53. The monoisotopic (exact) mass is 397 g/mol. The molecule has 0 spiro atoms. The predicted molar refractivity (Wildman–Crippen MR) is 98.8 cm³/mol. The molecule has 0 aromatic heterocycles. The molecular formula is C17H21BrNO3P. The van der Waals surface area contributed by atoms with Crippen molar-refractivity contribution >= 4 is 29.4 Å². The van der Waals surface area contributed by atoms with Gasteiger partial charge in [-0.05, 0) is 44.0 Å². The van der Waals surface area contributed by atoms with Gasteiger partial charge in [-0.2, -0.15) is 0 Å². The fourth-order valence-corrected chi connectivity index (χ4v) is 3.93. The topological polar surface area (TPSA) is 47.6 Å². The second-order valence-electron chi connectivity index (χ2n) is 4.96. The lowest BCUT2D eigenvalue weighted by Gasteiger charge is -2.21. The van der Waals surface area contributed by atoms with Crippen molar-refractivity contribution in [2.24, 2.45) is 0 Å². The fourth-order valence-electron chi connectivity index (χ4n) is 2.22. The Morgan fingerprint density at radius 1 is 1.09 bits per heavy atom. The van der Waals surface area contributed by atoms with E-state index in [1.165, 1.54) is 0 Å². The molecule has 0 heterocycles. The summed E-state index contributed by atoms with van der Waals surface area (Å²) in [6.45, 7) is 6.20. The molecule has 23 heavy (non-hydrogen) atoms. The minimum atomic E-state index is -3.39. The van der Waals surface area contributed by atoms with Gasteiger partial charge >= 0.3 is 7.75 Å². The largest absolute Gasteiger partial charge is 0.432 e. The molecule has 4 nitrogen and oxygen atoms in total. The molecule has 0 saturated carbocycles. The maximum atomic E-state index is 12.8. The van der Waals surface area contributed by atoms with Crippen LogP contribution < -0.4 is 5.09 Å². The molecule has 0 aliphatic carbocycles. The van der Waals surface area contributed by atoms with Crippen LogP contribution in [0.3, 0.4) is 0 Å². The molecule has 0 atom stereocenters. The molecule has 124 valence electrons. The van der Waals surface area contributed by atoms with Gasteiger partial charge in [0.05, 0.1) is 18.9 Å². The second kappa shape index (κ2) is 8.11. The quantitative estimate of drug-likeness (QED) is 0.580. The zero-order chi connectivity index (χ0) is 16.9. The number of rotatable bonds is 7. The highest BCUT2D eigenvalue weighted by Crippen LogP contribution is 2.50. The number of anilines is 1. The van der Waals surface area contributed by atoms with Crippen molar-refractivity contribution in [2.75, 3.05) is 18.3 Å². The van der Waals surface area contributed by atoms with E-state index >= 15 is 0 Å². The van der Waals surface area contributed by atoms with Gasteiger partial charge in [0, 0.05) is 10.0 Å². The van der Waals surface area contributed by atoms with E-state index in [9.17, 15) is 4.57 Å². The summed E-state index contributed by atoms with van der Waals surface area (Å²) in [5, 5.41) is 2.97. The Morgan fingerprint density at radius 3 is 2.26 bits per heavy atom. The Labute approximate surface area is 145 Å². The molecule has 1 N–H and O–H groups in total. The Bertz CT molecular complexity index is 696. The van der Waals surface area contributed by atoms with Gasteiger partial charge < -0.3 is 0 Å². The first-order chi connectivity index (χ1) is 11.0. The first-order valence-electron chi connectivity index (χ1n) is 7.52. The summed E-state index contributed by atoms with van der Waals surface area (Å²) in [5.41, 5.74) is 3.78. The van der Waals surface area contributed by atoms with E-state index in [1.54, 1.807) is 13.8 Å². The van der Waals surface area contributed by atoms with Crippen LogP contribution >= 0.6 is 23.7 Å². The molecular weight excluding hydrogens is 377 g/mol. The maximum Gasteiger partial charge on any atom is 0.432 e. The van der Waals surface area contributed by atoms with Crippen molar-refractivity contribution in [3.63, 3.8) is 0 Å². The van der Waals surface area contributed by atoms with E-state index in [2.05, 4.69) is 21.0 Å². The van der Waals surface area contributed by atoms with Gasteiger partial charge in [-0.25, -0.2) is 4.57 Å². The third-order valence-corrected chi connectivity index (χ3v) is 5.80. The number of hydrogen-bond acceptors (Lipinski definition) is 3. The molecule has 0 fully saturated rings. The van der Waals surface area contributed by atoms with E-state index in [0.717, 1.165) is 21.2 Å². The standard InChI is InChI=1S/C17H21BrNO3P/c1-4-21-23(20,22-5-2)19-17-12-16(18)13(3)11-15(17)14-9-7-6-8-10-14/h6-12H,4-5H2,1-3H3,(H,19,20). The van der Waals surface area contributed by atoms with E-state index in [4.69, 9.17) is 9.05 Å². The minimum absolute atomic E-state index is 0.304. The first kappa shape index (κ1) is 18.2. The highest BCUT2D eigenvalue weighted by molar-refractivity contribution is 9.10. The van der Waals surface area contributed by atoms with Crippen LogP contribution in [0.1, 0.15) is 19.4 Å². The van der Waals surface area contributed by atoms with Crippen LogP contribution in [0.5, 0.6) is 0 Å². The van der Waals surface area contributed by atoms with E-state index in [1.807, 2.05) is 49.4 Å². The van der Waals surface area contributed by atoms with Gasteiger partial charge in [0.15, 0.2) is 0 Å². The summed E-state index contributed by atoms with van der Waals surface area (Å²) in [5.74, 6) is 0. The lowest BCUT2D eigenvalue weighted by molar-refractivity contribution is 0.225. The number of halogens is 1. The minimum Gasteiger partial charge on any atom is -0.293 e. The molecule has 0 amide bonds. The van der Waals surface area contributed by atoms with Crippen LogP contribution in [0.2, 0.25) is 0 Å². The summed E-state index contributed by atoms with van der Waals surface area (Å²) in [7, 11) is -3.39. The molecule has 2 aromatic carbocycles. The fraction of sp³-hybridized carbons (Fsp3) is 0.294. The highest BCUT2D eigenvalue weighted by Gasteiger charge is 2.25. The lowest BCUT2D eigenvalue weighted by Crippen LogP contribution is -2.06. The van der Waals surface area contributed by atoms with Gasteiger partial charge in [0.25, 0.3) is 0 Å². The maximum absolute atomic E-state index is 12.8. The molecule has 0 saturated heterocycles. The van der Waals surface area contributed by atoms with Crippen LogP contribution in [-0.4, -0.2) is 13.2 Å². The zero-order valence-corrected chi connectivity index (χ0v) is 16.0. The van der Waals surface area contributed by atoms with Crippen molar-refractivity contribution in [2.45, 2.75) is 20.8 Å². The molecule has 0 radical (unpaired) electrons.